The van der Waals surface area contributed by atoms with Gasteiger partial charge < -0.3 is 0 Å². The average Bonchev–Trinajstić information content (AvgIpc) is 2.41. The minimum Gasteiger partial charge on any atom is -0.267 e. The Morgan fingerprint density at radius 2 is 2.00 bits per heavy atom. The molecule has 98 valence electrons. The Bertz CT molecular complexity index is 430. The molecule has 0 aromatic carbocycles. The van der Waals surface area contributed by atoms with Crippen molar-refractivity contribution in [3.63, 3.8) is 0 Å². The molecule has 7 heteroatoms. The lowest BCUT2D eigenvalue weighted by molar-refractivity contribution is -0.198. The fourth-order valence-electron chi connectivity index (χ4n) is 1.50. The smallest absolute Gasteiger partial charge is 0.265 e. The van der Waals surface area contributed by atoms with Gasteiger partial charge >= 0.3 is 0 Å². The zero-order chi connectivity index (χ0) is 13.3. The Labute approximate surface area is 101 Å². The van der Waals surface area contributed by atoms with Crippen LogP contribution >= 0.6 is 0 Å². The van der Waals surface area contributed by atoms with Gasteiger partial charge in [0.25, 0.3) is 10.1 Å². The molecule has 1 aliphatic heterocycles. The van der Waals surface area contributed by atoms with Crippen LogP contribution in [0.1, 0.15) is 27.2 Å². The van der Waals surface area contributed by atoms with Crippen molar-refractivity contribution in [1.82, 2.24) is 5.06 Å². The maximum Gasteiger partial charge on any atom is 0.265 e. The van der Waals surface area contributed by atoms with Gasteiger partial charge in [-0.05, 0) is 20.8 Å². The first-order valence-electron chi connectivity index (χ1n) is 5.22. The van der Waals surface area contributed by atoms with Crippen LogP contribution in [0, 0.1) is 0 Å². The topological polar surface area (TPSA) is 72.9 Å². The Morgan fingerprint density at radius 3 is 2.41 bits per heavy atom. The second-order valence-electron chi connectivity index (χ2n) is 4.87. The van der Waals surface area contributed by atoms with Crippen LogP contribution in [0.15, 0.2) is 5.70 Å². The van der Waals surface area contributed by atoms with Gasteiger partial charge in [0.15, 0.2) is 11.6 Å². The van der Waals surface area contributed by atoms with Crippen molar-refractivity contribution < 1.29 is 22.2 Å². The molecule has 0 amide bonds. The lowest BCUT2D eigenvalue weighted by Crippen LogP contribution is -2.32. The van der Waals surface area contributed by atoms with E-state index in [-0.39, 0.29) is 5.70 Å². The van der Waals surface area contributed by atoms with Gasteiger partial charge in [-0.1, -0.05) is 0 Å². The van der Waals surface area contributed by atoms with Gasteiger partial charge in [-0.2, -0.15) is 8.42 Å². The van der Waals surface area contributed by atoms with Gasteiger partial charge in [0.05, 0.1) is 11.9 Å². The Morgan fingerprint density at radius 1 is 1.41 bits per heavy atom. The Balaban J connectivity index is 2.79. The quantitative estimate of drug-likeness (QED) is 0.545. The Kier molecular flexibility index (Phi) is 3.99. The molecule has 1 aliphatic rings. The molecule has 0 saturated carbocycles. The second kappa shape index (κ2) is 4.78. The van der Waals surface area contributed by atoms with Crippen LogP contribution in [-0.2, 0) is 23.9 Å². The van der Waals surface area contributed by atoms with Crippen LogP contribution in [0.25, 0.3) is 0 Å². The summed E-state index contributed by atoms with van der Waals surface area (Å²) in [5.74, 6) is 1.69. The molecular formula is C10H17NO5S. The van der Waals surface area contributed by atoms with E-state index in [4.69, 9.17) is 9.02 Å². The van der Waals surface area contributed by atoms with E-state index in [2.05, 4.69) is 0 Å². The molecule has 1 saturated heterocycles. The standard InChI is InChI=1S/C10H17NO5S/c1-10(2,3)16-11-6-5-9(8(11)7-12)15-17(4,13)14/h9H,5-6H2,1-4H3/t9-/m0/s1. The molecule has 1 fully saturated rings. The third-order valence-corrected chi connectivity index (χ3v) is 2.53. The molecule has 1 atom stereocenters. The predicted molar refractivity (Wildman–Crippen MR) is 61.1 cm³/mol. The van der Waals surface area contributed by atoms with Gasteiger partial charge in [0.2, 0.25) is 0 Å². The van der Waals surface area contributed by atoms with E-state index in [0.717, 1.165) is 6.26 Å². The number of hydrogen-bond donors (Lipinski definition) is 0. The maximum absolute atomic E-state index is 11.0. The highest BCUT2D eigenvalue weighted by atomic mass is 32.2. The average molecular weight is 263 g/mol. The molecular weight excluding hydrogens is 246 g/mol. The number of rotatable bonds is 3. The van der Waals surface area contributed by atoms with Crippen molar-refractivity contribution >= 4 is 16.1 Å². The second-order valence-corrected chi connectivity index (χ2v) is 6.47. The molecule has 0 N–H and O–H groups in total. The monoisotopic (exact) mass is 263 g/mol. The van der Waals surface area contributed by atoms with Crippen LogP contribution in [0.3, 0.4) is 0 Å². The van der Waals surface area contributed by atoms with Gasteiger partial charge in [-0.15, -0.1) is 0 Å². The lowest BCUT2D eigenvalue weighted by atomic mass is 10.2. The fraction of sp³-hybridized carbons (Fsp3) is 0.800. The van der Waals surface area contributed by atoms with E-state index in [9.17, 15) is 13.2 Å². The van der Waals surface area contributed by atoms with Crippen molar-refractivity contribution in [3.05, 3.63) is 5.70 Å². The third-order valence-electron chi connectivity index (χ3n) is 1.95. The van der Waals surface area contributed by atoms with Gasteiger partial charge in [0.1, 0.15) is 6.10 Å². The molecule has 0 aromatic rings. The SMILES string of the molecule is CC(C)(C)ON1CC[C@H](OS(C)(=O)=O)C1=C=O. The first kappa shape index (κ1) is 14.2. The van der Waals surface area contributed by atoms with Gasteiger partial charge in [0, 0.05) is 13.0 Å². The van der Waals surface area contributed by atoms with Crippen molar-refractivity contribution in [2.75, 3.05) is 12.8 Å². The van der Waals surface area contributed by atoms with Crippen molar-refractivity contribution in [1.29, 1.82) is 0 Å². The van der Waals surface area contributed by atoms with Crippen LogP contribution in [-0.4, -0.2) is 43.9 Å². The summed E-state index contributed by atoms with van der Waals surface area (Å²) in [6.45, 7) is 5.91. The first-order chi connectivity index (χ1) is 7.62. The summed E-state index contributed by atoms with van der Waals surface area (Å²) in [4.78, 5) is 16.3. The molecule has 0 bridgehead atoms. The lowest BCUT2D eigenvalue weighted by Gasteiger charge is -2.27. The van der Waals surface area contributed by atoms with Gasteiger partial charge in [-0.25, -0.2) is 9.86 Å². The highest BCUT2D eigenvalue weighted by Gasteiger charge is 2.35. The molecule has 0 radical (unpaired) electrons. The molecule has 6 nitrogen and oxygen atoms in total. The first-order valence-corrected chi connectivity index (χ1v) is 7.04. The number of hydrogen-bond acceptors (Lipinski definition) is 6. The van der Waals surface area contributed by atoms with E-state index in [1.807, 2.05) is 20.8 Å². The minimum absolute atomic E-state index is 0.0883. The van der Waals surface area contributed by atoms with Crippen LogP contribution in [0.4, 0.5) is 0 Å². The number of carbonyl (C=O) groups excluding carboxylic acids is 1. The minimum atomic E-state index is -3.60. The normalized spacial score (nSPS) is 21.8. The summed E-state index contributed by atoms with van der Waals surface area (Å²) in [6, 6.07) is 0. The van der Waals surface area contributed by atoms with E-state index in [1.54, 1.807) is 5.94 Å². The molecule has 0 aromatic heterocycles. The van der Waals surface area contributed by atoms with E-state index in [1.165, 1.54) is 5.06 Å². The summed E-state index contributed by atoms with van der Waals surface area (Å²) in [7, 11) is -3.60. The number of nitrogens with zero attached hydrogens (tertiary/aromatic N) is 1. The molecule has 1 rings (SSSR count). The highest BCUT2D eigenvalue weighted by Crippen LogP contribution is 2.26. The van der Waals surface area contributed by atoms with Crippen LogP contribution in [0.5, 0.6) is 0 Å². The predicted octanol–water partition coefficient (Wildman–Crippen LogP) is 0.483. The molecule has 0 aliphatic carbocycles. The highest BCUT2D eigenvalue weighted by molar-refractivity contribution is 7.86. The van der Waals surface area contributed by atoms with E-state index >= 15 is 0 Å². The zero-order valence-corrected chi connectivity index (χ0v) is 11.2. The van der Waals surface area contributed by atoms with Crippen molar-refractivity contribution in [2.45, 2.75) is 38.9 Å². The third kappa shape index (κ3) is 4.47. The largest absolute Gasteiger partial charge is 0.267 e. The van der Waals surface area contributed by atoms with Gasteiger partial charge in [-0.3, -0.25) is 9.02 Å². The summed E-state index contributed by atoms with van der Waals surface area (Å²) >= 11 is 0. The summed E-state index contributed by atoms with van der Waals surface area (Å²) in [5, 5.41) is 1.35. The molecule has 17 heavy (non-hydrogen) atoms. The molecule has 0 unspecified atom stereocenters. The summed E-state index contributed by atoms with van der Waals surface area (Å²) in [5.41, 5.74) is -0.382. The molecule has 0 spiro atoms. The summed E-state index contributed by atoms with van der Waals surface area (Å²) in [6.07, 6.45) is 0.529. The van der Waals surface area contributed by atoms with E-state index < -0.39 is 21.8 Å². The maximum atomic E-state index is 11.0. The van der Waals surface area contributed by atoms with Crippen molar-refractivity contribution in [3.8, 4) is 0 Å². The number of hydroxylamine groups is 2. The van der Waals surface area contributed by atoms with Crippen LogP contribution in [0.2, 0.25) is 0 Å². The molecule has 1 heterocycles. The Hall–Kier alpha value is -0.880. The fourth-order valence-corrected chi connectivity index (χ4v) is 2.11. The summed E-state index contributed by atoms with van der Waals surface area (Å²) < 4.78 is 26.8. The van der Waals surface area contributed by atoms with Crippen molar-refractivity contribution in [2.24, 2.45) is 0 Å². The van der Waals surface area contributed by atoms with Crippen LogP contribution < -0.4 is 0 Å². The van der Waals surface area contributed by atoms with E-state index in [0.29, 0.717) is 13.0 Å². The zero-order valence-electron chi connectivity index (χ0n) is 10.4.